The molecule has 2 rings (SSSR count). The molecule has 24 heavy (non-hydrogen) atoms. The third-order valence-electron chi connectivity index (χ3n) is 3.65. The number of rotatable bonds is 5. The van der Waals surface area contributed by atoms with Crippen LogP contribution in [0.2, 0.25) is 0 Å². The normalized spacial score (nSPS) is 10.4. The summed E-state index contributed by atoms with van der Waals surface area (Å²) >= 11 is 0. The lowest BCUT2D eigenvalue weighted by atomic mass is 10.0. The van der Waals surface area contributed by atoms with Gasteiger partial charge in [0.1, 0.15) is 12.4 Å². The highest BCUT2D eigenvalue weighted by atomic mass is 19.3. The smallest absolute Gasteiger partial charge is 0.256 e. The maximum absolute atomic E-state index is 12.9. The van der Waals surface area contributed by atoms with Crippen LogP contribution in [0.25, 0.3) is 11.3 Å². The maximum atomic E-state index is 12.9. The lowest BCUT2D eigenvalue weighted by molar-refractivity contribution is 0.126. The summed E-state index contributed by atoms with van der Waals surface area (Å²) in [4.78, 5) is 12.2. The molecule has 0 radical (unpaired) electrons. The Morgan fingerprint density at radius 2 is 1.92 bits per heavy atom. The van der Waals surface area contributed by atoms with Crippen molar-refractivity contribution in [1.29, 1.82) is 0 Å². The van der Waals surface area contributed by atoms with E-state index in [1.807, 2.05) is 13.0 Å². The second-order valence-electron chi connectivity index (χ2n) is 5.40. The third kappa shape index (κ3) is 4.02. The molecule has 0 fully saturated rings. The first kappa shape index (κ1) is 17.7. The highest BCUT2D eigenvalue weighted by Gasteiger charge is 2.14. The topological polar surface area (TPSA) is 31.2 Å². The average molecular weight is 331 g/mol. The molecule has 0 atom stereocenters. The molecule has 1 heterocycles. The Kier molecular flexibility index (Phi) is 5.75. The van der Waals surface area contributed by atoms with Crippen molar-refractivity contribution in [2.45, 2.75) is 33.7 Å². The summed E-state index contributed by atoms with van der Waals surface area (Å²) in [5.41, 5.74) is 2.08. The van der Waals surface area contributed by atoms with E-state index in [0.29, 0.717) is 17.0 Å². The van der Waals surface area contributed by atoms with E-state index in [4.69, 9.17) is 4.74 Å². The van der Waals surface area contributed by atoms with Crippen molar-refractivity contribution in [2.24, 2.45) is 0 Å². The summed E-state index contributed by atoms with van der Waals surface area (Å²) in [6.45, 7) is 4.87. The van der Waals surface area contributed by atoms with Crippen LogP contribution in [-0.2, 0) is 6.54 Å². The first-order valence-electron chi connectivity index (χ1n) is 7.56. The number of hydrogen-bond donors (Lipinski definition) is 0. The van der Waals surface area contributed by atoms with Gasteiger partial charge in [0.2, 0.25) is 0 Å². The highest BCUT2D eigenvalue weighted by Crippen LogP contribution is 2.27. The van der Waals surface area contributed by atoms with E-state index >= 15 is 0 Å². The van der Waals surface area contributed by atoms with Gasteiger partial charge in [-0.25, -0.2) is 8.78 Å². The fraction of sp³-hybridized carbons (Fsp3) is 0.316. The Morgan fingerprint density at radius 3 is 2.54 bits per heavy atom. The van der Waals surface area contributed by atoms with E-state index in [1.165, 1.54) is 0 Å². The van der Waals surface area contributed by atoms with Crippen molar-refractivity contribution in [2.75, 3.05) is 6.61 Å². The number of pyridine rings is 1. The Labute approximate surface area is 139 Å². The summed E-state index contributed by atoms with van der Waals surface area (Å²) in [5, 5.41) is 0. The van der Waals surface area contributed by atoms with Gasteiger partial charge in [-0.3, -0.25) is 4.79 Å². The number of hydrogen-bond acceptors (Lipinski definition) is 2. The van der Waals surface area contributed by atoms with Crippen LogP contribution in [0, 0.1) is 25.7 Å². The van der Waals surface area contributed by atoms with Crippen molar-refractivity contribution in [3.63, 3.8) is 0 Å². The van der Waals surface area contributed by atoms with Crippen LogP contribution in [0.4, 0.5) is 8.78 Å². The fourth-order valence-corrected chi connectivity index (χ4v) is 2.45. The lowest BCUT2D eigenvalue weighted by Crippen LogP contribution is -2.26. The molecular formula is C19H19F2NO2. The van der Waals surface area contributed by atoms with E-state index in [2.05, 4.69) is 11.8 Å². The summed E-state index contributed by atoms with van der Waals surface area (Å²) in [6, 6.07) is 8.68. The summed E-state index contributed by atoms with van der Waals surface area (Å²) in [5.74, 6) is 6.20. The third-order valence-corrected chi connectivity index (χ3v) is 3.65. The molecule has 126 valence electrons. The zero-order chi connectivity index (χ0) is 17.7. The Hall–Kier alpha value is -2.61. The van der Waals surface area contributed by atoms with Gasteiger partial charge in [0.15, 0.2) is 0 Å². The zero-order valence-electron chi connectivity index (χ0n) is 13.9. The monoisotopic (exact) mass is 331 g/mol. The Bertz CT molecular complexity index is 845. The van der Waals surface area contributed by atoms with Crippen LogP contribution < -0.4 is 10.3 Å². The molecule has 0 aliphatic rings. The van der Waals surface area contributed by atoms with Crippen LogP contribution in [0.5, 0.6) is 5.75 Å². The van der Waals surface area contributed by atoms with E-state index < -0.39 is 18.5 Å². The molecule has 5 heteroatoms. The van der Waals surface area contributed by atoms with Crippen molar-refractivity contribution >= 4 is 0 Å². The molecule has 0 amide bonds. The minimum Gasteiger partial charge on any atom is -0.481 e. The second-order valence-corrected chi connectivity index (χ2v) is 5.40. The van der Waals surface area contributed by atoms with Crippen molar-refractivity contribution in [3.8, 4) is 28.8 Å². The van der Waals surface area contributed by atoms with Gasteiger partial charge in [-0.15, -0.1) is 5.92 Å². The van der Waals surface area contributed by atoms with Crippen LogP contribution >= 0.6 is 0 Å². The highest BCUT2D eigenvalue weighted by molar-refractivity contribution is 5.65. The van der Waals surface area contributed by atoms with E-state index in [0.717, 1.165) is 15.7 Å². The number of benzene rings is 1. The standard InChI is InChI=1S/C19H19F2NO2/c1-4-5-10-24-15-7-8-16(14(3)11-15)17-9-6-13(2)19(23)22(17)12-18(20)21/h6-9,11,18H,10,12H2,1-3H3. The molecule has 0 bridgehead atoms. The number of aromatic nitrogens is 1. The minimum absolute atomic E-state index is 0.288. The van der Waals surface area contributed by atoms with Gasteiger partial charge in [0, 0.05) is 11.1 Å². The molecule has 0 aliphatic heterocycles. The van der Waals surface area contributed by atoms with Gasteiger partial charge in [-0.2, -0.15) is 0 Å². The van der Waals surface area contributed by atoms with E-state index in [9.17, 15) is 13.6 Å². The number of nitrogens with zero attached hydrogens (tertiary/aromatic N) is 1. The van der Waals surface area contributed by atoms with Gasteiger partial charge in [-0.05, 0) is 50.6 Å². The Morgan fingerprint density at radius 1 is 1.17 bits per heavy atom. The fourth-order valence-electron chi connectivity index (χ4n) is 2.45. The number of halogens is 2. The first-order chi connectivity index (χ1) is 11.4. The lowest BCUT2D eigenvalue weighted by Gasteiger charge is -2.16. The summed E-state index contributed by atoms with van der Waals surface area (Å²) in [7, 11) is 0. The predicted octanol–water partition coefficient (Wildman–Crippen LogP) is 3.80. The molecule has 1 aromatic heterocycles. The molecule has 1 aromatic carbocycles. The summed E-state index contributed by atoms with van der Waals surface area (Å²) < 4.78 is 32.4. The second kappa shape index (κ2) is 7.78. The van der Waals surface area contributed by atoms with E-state index in [-0.39, 0.29) is 6.61 Å². The molecule has 0 saturated carbocycles. The first-order valence-corrected chi connectivity index (χ1v) is 7.56. The molecular weight excluding hydrogens is 312 g/mol. The van der Waals surface area contributed by atoms with Crippen molar-refractivity contribution in [1.82, 2.24) is 4.57 Å². The minimum atomic E-state index is -2.60. The molecule has 0 spiro atoms. The van der Waals surface area contributed by atoms with Gasteiger partial charge in [0.25, 0.3) is 12.0 Å². The van der Waals surface area contributed by atoms with Crippen molar-refractivity contribution < 1.29 is 13.5 Å². The SMILES string of the molecule is CC#CCOc1ccc(-c2ccc(C)c(=O)n2CC(F)F)c(C)c1. The molecule has 3 nitrogen and oxygen atoms in total. The van der Waals surface area contributed by atoms with Crippen LogP contribution in [-0.4, -0.2) is 17.6 Å². The zero-order valence-corrected chi connectivity index (χ0v) is 13.9. The van der Waals surface area contributed by atoms with Gasteiger partial charge in [0.05, 0.1) is 12.2 Å². The van der Waals surface area contributed by atoms with Crippen LogP contribution in [0.3, 0.4) is 0 Å². The Balaban J connectivity index is 2.46. The van der Waals surface area contributed by atoms with E-state index in [1.54, 1.807) is 38.1 Å². The van der Waals surface area contributed by atoms with Crippen LogP contribution in [0.1, 0.15) is 18.1 Å². The average Bonchev–Trinajstić information content (AvgIpc) is 2.53. The van der Waals surface area contributed by atoms with Gasteiger partial charge >= 0.3 is 0 Å². The predicted molar refractivity (Wildman–Crippen MR) is 90.6 cm³/mol. The summed E-state index contributed by atoms with van der Waals surface area (Å²) in [6.07, 6.45) is -2.60. The van der Waals surface area contributed by atoms with Crippen LogP contribution in [0.15, 0.2) is 35.1 Å². The largest absolute Gasteiger partial charge is 0.481 e. The van der Waals surface area contributed by atoms with Crippen molar-refractivity contribution in [3.05, 3.63) is 51.8 Å². The van der Waals surface area contributed by atoms with Gasteiger partial charge in [-0.1, -0.05) is 12.0 Å². The molecule has 0 saturated heterocycles. The maximum Gasteiger partial charge on any atom is 0.256 e. The number of ether oxygens (including phenoxy) is 1. The molecule has 0 unspecified atom stereocenters. The molecule has 0 N–H and O–H groups in total. The quantitative estimate of drug-likeness (QED) is 0.781. The van der Waals surface area contributed by atoms with Gasteiger partial charge < -0.3 is 9.30 Å². The number of aryl methyl sites for hydroxylation is 2. The number of alkyl halides is 2. The molecule has 0 aliphatic carbocycles. The molecule has 2 aromatic rings.